The molecule has 0 spiro atoms. The van der Waals surface area contributed by atoms with Gasteiger partial charge in [0.15, 0.2) is 23.3 Å². The lowest BCUT2D eigenvalue weighted by Gasteiger charge is -2.06. The zero-order chi connectivity index (χ0) is 14.6. The third-order valence-corrected chi connectivity index (χ3v) is 2.51. The third kappa shape index (κ3) is 3.02. The van der Waals surface area contributed by atoms with Crippen LogP contribution in [0.1, 0.15) is 5.56 Å². The Morgan fingerprint density at radius 3 is 2.00 bits per heavy atom. The molecule has 0 fully saturated rings. The number of aryl methyl sites for hydroxylation is 1. The maximum Gasteiger partial charge on any atom is 0.166 e. The van der Waals surface area contributed by atoms with Crippen molar-refractivity contribution in [3.63, 3.8) is 0 Å². The smallest absolute Gasteiger partial charge is 0.166 e. The number of hydrogen-bond donors (Lipinski definition) is 0. The zero-order valence-corrected chi connectivity index (χ0v) is 10.3. The highest BCUT2D eigenvalue weighted by Crippen LogP contribution is 2.27. The van der Waals surface area contributed by atoms with E-state index in [2.05, 4.69) is 13.2 Å². The monoisotopic (exact) mass is 268 g/mol. The minimum Gasteiger partial charge on any atom is -0.204 e. The number of halogens is 4. The molecule has 0 aliphatic rings. The lowest BCUT2D eigenvalue weighted by Crippen LogP contribution is -1.94. The van der Waals surface area contributed by atoms with Gasteiger partial charge in [-0.25, -0.2) is 17.6 Å². The molecule has 4 heteroatoms. The normalized spacial score (nSPS) is 9.74. The van der Waals surface area contributed by atoms with Crippen LogP contribution in [0, 0.1) is 30.2 Å². The van der Waals surface area contributed by atoms with Crippen LogP contribution in [-0.4, -0.2) is 0 Å². The van der Waals surface area contributed by atoms with E-state index in [-0.39, 0.29) is 16.7 Å². The van der Waals surface area contributed by atoms with Gasteiger partial charge in [0.1, 0.15) is 0 Å². The molecule has 0 amide bonds. The van der Waals surface area contributed by atoms with Crippen LogP contribution in [0.2, 0.25) is 0 Å². The Morgan fingerprint density at radius 1 is 0.789 bits per heavy atom. The largest absolute Gasteiger partial charge is 0.204 e. The van der Waals surface area contributed by atoms with E-state index in [0.29, 0.717) is 0 Å². The van der Waals surface area contributed by atoms with Crippen LogP contribution in [-0.2, 0) is 0 Å². The van der Waals surface area contributed by atoms with Crippen LogP contribution < -0.4 is 0 Å². The van der Waals surface area contributed by atoms with Crippen molar-refractivity contribution in [2.75, 3.05) is 0 Å². The first kappa shape index (κ1) is 15.0. The summed E-state index contributed by atoms with van der Waals surface area (Å²) in [5.74, 6) is -4.16. The molecule has 2 aromatic rings. The van der Waals surface area contributed by atoms with Crippen molar-refractivity contribution in [3.8, 4) is 11.1 Å². The minimum atomic E-state index is -1.09. The first-order valence-electron chi connectivity index (χ1n) is 5.40. The zero-order valence-electron chi connectivity index (χ0n) is 10.3. The molecule has 0 aromatic heterocycles. The van der Waals surface area contributed by atoms with Gasteiger partial charge in [0.2, 0.25) is 0 Å². The second-order valence-electron chi connectivity index (χ2n) is 3.69. The van der Waals surface area contributed by atoms with Gasteiger partial charge in [-0.1, -0.05) is 18.2 Å². The summed E-state index contributed by atoms with van der Waals surface area (Å²) >= 11 is 0. The molecule has 0 heterocycles. The Labute approximate surface area is 109 Å². The molecule has 0 N–H and O–H groups in total. The van der Waals surface area contributed by atoms with Gasteiger partial charge in [-0.2, -0.15) is 0 Å². The molecule has 0 aliphatic heterocycles. The summed E-state index contributed by atoms with van der Waals surface area (Å²) in [6.45, 7) is 7.42. The SMILES string of the molecule is C=C.Cc1ccc(-c2ccc(F)c(F)c2)c(F)c1F. The van der Waals surface area contributed by atoms with Gasteiger partial charge < -0.3 is 0 Å². The van der Waals surface area contributed by atoms with Gasteiger partial charge in [0.05, 0.1) is 0 Å². The Hall–Kier alpha value is -2.10. The molecule has 2 aromatic carbocycles. The van der Waals surface area contributed by atoms with E-state index >= 15 is 0 Å². The second kappa shape index (κ2) is 6.18. The van der Waals surface area contributed by atoms with Crippen molar-refractivity contribution in [1.29, 1.82) is 0 Å². The summed E-state index contributed by atoms with van der Waals surface area (Å²) in [5.41, 5.74) is 0.168. The topological polar surface area (TPSA) is 0 Å². The van der Waals surface area contributed by atoms with Crippen LogP contribution >= 0.6 is 0 Å². The fraction of sp³-hybridized carbons (Fsp3) is 0.0667. The highest BCUT2D eigenvalue weighted by atomic mass is 19.2. The third-order valence-electron chi connectivity index (χ3n) is 2.51. The van der Waals surface area contributed by atoms with Crippen LogP contribution in [0.4, 0.5) is 17.6 Å². The molecule has 0 saturated carbocycles. The van der Waals surface area contributed by atoms with Gasteiger partial charge >= 0.3 is 0 Å². The molecule has 0 nitrogen and oxygen atoms in total. The molecule has 0 bridgehead atoms. The van der Waals surface area contributed by atoms with Gasteiger partial charge in [-0.15, -0.1) is 13.2 Å². The van der Waals surface area contributed by atoms with Crippen LogP contribution in [0.25, 0.3) is 11.1 Å². The quantitative estimate of drug-likeness (QED) is 0.503. The molecule has 100 valence electrons. The fourth-order valence-electron chi connectivity index (χ4n) is 1.53. The van der Waals surface area contributed by atoms with Crippen molar-refractivity contribution < 1.29 is 17.6 Å². The van der Waals surface area contributed by atoms with Gasteiger partial charge in [-0.05, 0) is 30.2 Å². The molecule has 0 radical (unpaired) electrons. The van der Waals surface area contributed by atoms with E-state index in [1.54, 1.807) is 0 Å². The summed E-state index contributed by atoms with van der Waals surface area (Å²) in [6, 6.07) is 5.63. The molecule has 0 unspecified atom stereocenters. The predicted molar refractivity (Wildman–Crippen MR) is 67.7 cm³/mol. The highest BCUT2D eigenvalue weighted by Gasteiger charge is 2.13. The van der Waals surface area contributed by atoms with Crippen molar-refractivity contribution in [2.24, 2.45) is 0 Å². The summed E-state index contributed by atoms with van der Waals surface area (Å²) in [5, 5.41) is 0. The number of hydrogen-bond acceptors (Lipinski definition) is 0. The molecular weight excluding hydrogens is 256 g/mol. The van der Waals surface area contributed by atoms with E-state index < -0.39 is 23.3 Å². The van der Waals surface area contributed by atoms with E-state index in [1.165, 1.54) is 25.1 Å². The molecular formula is C15H12F4. The summed E-state index contributed by atoms with van der Waals surface area (Å²) in [7, 11) is 0. The summed E-state index contributed by atoms with van der Waals surface area (Å²) < 4.78 is 52.6. The van der Waals surface area contributed by atoms with Gasteiger partial charge in [0, 0.05) is 5.56 Å². The van der Waals surface area contributed by atoms with Crippen LogP contribution in [0.15, 0.2) is 43.5 Å². The average molecular weight is 268 g/mol. The Bertz CT molecular complexity index is 591. The first-order valence-corrected chi connectivity index (χ1v) is 5.40. The molecule has 19 heavy (non-hydrogen) atoms. The first-order chi connectivity index (χ1) is 9.00. The van der Waals surface area contributed by atoms with E-state index in [4.69, 9.17) is 0 Å². The Morgan fingerprint density at radius 2 is 1.42 bits per heavy atom. The maximum absolute atomic E-state index is 13.6. The Kier molecular flexibility index (Phi) is 4.87. The molecule has 0 atom stereocenters. The van der Waals surface area contributed by atoms with Crippen LogP contribution in [0.5, 0.6) is 0 Å². The summed E-state index contributed by atoms with van der Waals surface area (Å²) in [4.78, 5) is 0. The van der Waals surface area contributed by atoms with Crippen LogP contribution in [0.3, 0.4) is 0 Å². The van der Waals surface area contributed by atoms with E-state index in [1.807, 2.05) is 0 Å². The fourth-order valence-corrected chi connectivity index (χ4v) is 1.53. The molecule has 2 rings (SSSR count). The van der Waals surface area contributed by atoms with Gasteiger partial charge in [0.25, 0.3) is 0 Å². The summed E-state index contributed by atoms with van der Waals surface area (Å²) in [6.07, 6.45) is 0. The van der Waals surface area contributed by atoms with Crippen molar-refractivity contribution in [1.82, 2.24) is 0 Å². The minimum absolute atomic E-state index is 0.0907. The lowest BCUT2D eigenvalue weighted by atomic mass is 10.0. The number of benzene rings is 2. The van der Waals surface area contributed by atoms with Crippen molar-refractivity contribution >= 4 is 0 Å². The average Bonchev–Trinajstić information content (AvgIpc) is 2.42. The molecule has 0 saturated heterocycles. The van der Waals surface area contributed by atoms with E-state index in [0.717, 1.165) is 12.1 Å². The maximum atomic E-state index is 13.6. The second-order valence-corrected chi connectivity index (χ2v) is 3.69. The van der Waals surface area contributed by atoms with Crippen molar-refractivity contribution in [2.45, 2.75) is 6.92 Å². The predicted octanol–water partition coefficient (Wildman–Crippen LogP) is 5.02. The van der Waals surface area contributed by atoms with E-state index in [9.17, 15) is 17.6 Å². The molecule has 0 aliphatic carbocycles. The Balaban J connectivity index is 0.000000861. The lowest BCUT2D eigenvalue weighted by molar-refractivity contribution is 0.503. The standard InChI is InChI=1S/C13H8F4.C2H4/c1-7-2-4-9(13(17)12(7)16)8-3-5-10(14)11(15)6-8;1-2/h2-6H,1H3;1-2H2. The number of rotatable bonds is 1. The van der Waals surface area contributed by atoms with Crippen molar-refractivity contribution in [3.05, 3.63) is 72.3 Å². The van der Waals surface area contributed by atoms with Gasteiger partial charge in [-0.3, -0.25) is 0 Å². The highest BCUT2D eigenvalue weighted by molar-refractivity contribution is 5.64.